The fourth-order valence-electron chi connectivity index (χ4n) is 2.12. The molecule has 0 radical (unpaired) electrons. The molecule has 1 aromatic carbocycles. The monoisotopic (exact) mass is 280 g/mol. The first kappa shape index (κ1) is 14.8. The van der Waals surface area contributed by atoms with E-state index in [4.69, 9.17) is 10.5 Å². The number of likely N-dealkylation sites (N-methyl/N-ethyl adjacent to an activating group) is 1. The first-order valence-electron chi connectivity index (χ1n) is 6.90. The van der Waals surface area contributed by atoms with Gasteiger partial charge < -0.3 is 15.4 Å². The first-order valence-corrected chi connectivity index (χ1v) is 6.90. The molecule has 0 aromatic heterocycles. The lowest BCUT2D eigenvalue weighted by Gasteiger charge is -2.18. The molecule has 0 aliphatic heterocycles. The predicted octanol–water partition coefficient (Wildman–Crippen LogP) is 1.71. The van der Waals surface area contributed by atoms with Crippen molar-refractivity contribution in [3.05, 3.63) is 29.6 Å². The highest BCUT2D eigenvalue weighted by atomic mass is 19.1. The van der Waals surface area contributed by atoms with Crippen molar-refractivity contribution in [3.63, 3.8) is 0 Å². The summed E-state index contributed by atoms with van der Waals surface area (Å²) in [6.45, 7) is 1.71. The Bertz CT molecular complexity index is 487. The number of amides is 1. The van der Waals surface area contributed by atoms with Crippen LogP contribution in [-0.2, 0) is 11.2 Å². The normalized spacial score (nSPS) is 15.8. The molecule has 1 saturated carbocycles. The number of ether oxygens (including phenoxy) is 1. The van der Waals surface area contributed by atoms with Gasteiger partial charge in [0.05, 0.1) is 0 Å². The van der Waals surface area contributed by atoms with E-state index in [9.17, 15) is 9.18 Å². The van der Waals surface area contributed by atoms with Crippen molar-refractivity contribution in [3.8, 4) is 5.75 Å². The minimum Gasteiger partial charge on any atom is -0.480 e. The SMILES string of the molecule is CC(N)Cc1cccc(F)c1OCC(=O)N(C)C1CC1. The summed E-state index contributed by atoms with van der Waals surface area (Å²) in [4.78, 5) is 13.6. The molecule has 5 heteroatoms. The topological polar surface area (TPSA) is 55.6 Å². The summed E-state index contributed by atoms with van der Waals surface area (Å²) >= 11 is 0. The number of hydrogen-bond donors (Lipinski definition) is 1. The fraction of sp³-hybridized carbons (Fsp3) is 0.533. The molecule has 2 N–H and O–H groups in total. The second kappa shape index (κ2) is 6.22. The van der Waals surface area contributed by atoms with Crippen LogP contribution in [0.15, 0.2) is 18.2 Å². The molecule has 1 unspecified atom stereocenters. The molecule has 0 heterocycles. The molecule has 0 spiro atoms. The summed E-state index contributed by atoms with van der Waals surface area (Å²) in [6.07, 6.45) is 2.59. The molecule has 1 aromatic rings. The summed E-state index contributed by atoms with van der Waals surface area (Å²) < 4.78 is 19.2. The zero-order valence-electron chi connectivity index (χ0n) is 11.9. The molecule has 20 heavy (non-hydrogen) atoms. The third-order valence-electron chi connectivity index (χ3n) is 3.42. The van der Waals surface area contributed by atoms with Crippen molar-refractivity contribution in [2.75, 3.05) is 13.7 Å². The summed E-state index contributed by atoms with van der Waals surface area (Å²) in [7, 11) is 1.76. The Kier molecular flexibility index (Phi) is 4.60. The van der Waals surface area contributed by atoms with Crippen molar-refractivity contribution in [2.45, 2.75) is 38.3 Å². The zero-order valence-corrected chi connectivity index (χ0v) is 11.9. The minimum absolute atomic E-state index is 0.0935. The average Bonchev–Trinajstić information content (AvgIpc) is 3.20. The summed E-state index contributed by atoms with van der Waals surface area (Å²) in [6, 6.07) is 4.96. The van der Waals surface area contributed by atoms with Crippen LogP contribution in [0.25, 0.3) is 0 Å². The van der Waals surface area contributed by atoms with Gasteiger partial charge in [-0.3, -0.25) is 4.79 Å². The number of nitrogens with zero attached hydrogens (tertiary/aromatic N) is 1. The third kappa shape index (κ3) is 3.70. The van der Waals surface area contributed by atoms with Crippen LogP contribution < -0.4 is 10.5 Å². The second-order valence-electron chi connectivity index (χ2n) is 5.43. The molecular formula is C15H21FN2O2. The van der Waals surface area contributed by atoms with Gasteiger partial charge in [-0.2, -0.15) is 0 Å². The van der Waals surface area contributed by atoms with Crippen LogP contribution in [0, 0.1) is 5.82 Å². The van der Waals surface area contributed by atoms with Gasteiger partial charge in [0, 0.05) is 19.1 Å². The number of para-hydroxylation sites is 1. The standard InChI is InChI=1S/C15H21FN2O2/c1-10(17)8-11-4-3-5-13(16)15(11)20-9-14(19)18(2)12-6-7-12/h3-5,10,12H,6-9,17H2,1-2H3. The lowest BCUT2D eigenvalue weighted by molar-refractivity contribution is -0.132. The zero-order chi connectivity index (χ0) is 14.7. The smallest absolute Gasteiger partial charge is 0.260 e. The van der Waals surface area contributed by atoms with E-state index in [0.717, 1.165) is 12.8 Å². The van der Waals surface area contributed by atoms with Gasteiger partial charge in [0.15, 0.2) is 18.2 Å². The molecule has 1 fully saturated rings. The molecule has 2 rings (SSSR count). The average molecular weight is 280 g/mol. The van der Waals surface area contributed by atoms with Crippen molar-refractivity contribution in [1.29, 1.82) is 0 Å². The lowest BCUT2D eigenvalue weighted by atomic mass is 10.1. The van der Waals surface area contributed by atoms with Crippen molar-refractivity contribution < 1.29 is 13.9 Å². The number of rotatable bonds is 6. The van der Waals surface area contributed by atoms with Crippen LogP contribution in [0.2, 0.25) is 0 Å². The summed E-state index contributed by atoms with van der Waals surface area (Å²) in [5, 5.41) is 0. The highest BCUT2D eigenvalue weighted by Crippen LogP contribution is 2.26. The van der Waals surface area contributed by atoms with Crippen LogP contribution in [0.4, 0.5) is 4.39 Å². The first-order chi connectivity index (χ1) is 9.49. The van der Waals surface area contributed by atoms with Gasteiger partial charge in [-0.1, -0.05) is 12.1 Å². The van der Waals surface area contributed by atoms with Gasteiger partial charge in [0.1, 0.15) is 0 Å². The van der Waals surface area contributed by atoms with E-state index in [0.29, 0.717) is 18.0 Å². The van der Waals surface area contributed by atoms with E-state index >= 15 is 0 Å². The molecule has 4 nitrogen and oxygen atoms in total. The number of benzene rings is 1. The van der Waals surface area contributed by atoms with E-state index in [1.54, 1.807) is 24.1 Å². The molecule has 1 atom stereocenters. The van der Waals surface area contributed by atoms with E-state index in [1.165, 1.54) is 6.07 Å². The van der Waals surface area contributed by atoms with Gasteiger partial charge in [-0.15, -0.1) is 0 Å². The predicted molar refractivity (Wildman–Crippen MR) is 75.0 cm³/mol. The maximum Gasteiger partial charge on any atom is 0.260 e. The van der Waals surface area contributed by atoms with E-state index in [1.807, 2.05) is 6.92 Å². The van der Waals surface area contributed by atoms with Crippen LogP contribution in [0.3, 0.4) is 0 Å². The largest absolute Gasteiger partial charge is 0.480 e. The van der Waals surface area contributed by atoms with E-state index < -0.39 is 5.82 Å². The Morgan fingerprint density at radius 3 is 2.85 bits per heavy atom. The van der Waals surface area contributed by atoms with Gasteiger partial charge in [-0.25, -0.2) is 4.39 Å². The number of carbonyl (C=O) groups is 1. The van der Waals surface area contributed by atoms with Crippen LogP contribution >= 0.6 is 0 Å². The number of halogens is 1. The van der Waals surface area contributed by atoms with E-state index in [2.05, 4.69) is 0 Å². The van der Waals surface area contributed by atoms with Crippen molar-refractivity contribution in [2.24, 2.45) is 5.73 Å². The Morgan fingerprint density at radius 2 is 2.25 bits per heavy atom. The van der Waals surface area contributed by atoms with Crippen LogP contribution in [-0.4, -0.2) is 36.5 Å². The summed E-state index contributed by atoms with van der Waals surface area (Å²) in [5.41, 5.74) is 6.44. The number of hydrogen-bond acceptors (Lipinski definition) is 3. The maximum absolute atomic E-state index is 13.8. The van der Waals surface area contributed by atoms with Gasteiger partial charge in [0.2, 0.25) is 0 Å². The summed E-state index contributed by atoms with van der Waals surface area (Å²) in [5.74, 6) is -0.435. The molecule has 1 aliphatic carbocycles. The fourth-order valence-corrected chi connectivity index (χ4v) is 2.12. The second-order valence-corrected chi connectivity index (χ2v) is 5.43. The Balaban J connectivity index is 2.02. The van der Waals surface area contributed by atoms with Gasteiger partial charge >= 0.3 is 0 Å². The minimum atomic E-state index is -0.454. The lowest BCUT2D eigenvalue weighted by Crippen LogP contribution is -2.33. The van der Waals surface area contributed by atoms with Gasteiger partial charge in [0.25, 0.3) is 5.91 Å². The number of nitrogens with two attached hydrogens (primary N) is 1. The van der Waals surface area contributed by atoms with Gasteiger partial charge in [-0.05, 0) is 37.8 Å². The Hall–Kier alpha value is -1.62. The Labute approximate surface area is 118 Å². The maximum atomic E-state index is 13.8. The highest BCUT2D eigenvalue weighted by Gasteiger charge is 2.29. The highest BCUT2D eigenvalue weighted by molar-refractivity contribution is 5.78. The van der Waals surface area contributed by atoms with Crippen LogP contribution in [0.1, 0.15) is 25.3 Å². The quantitative estimate of drug-likeness (QED) is 0.863. The number of carbonyl (C=O) groups excluding carboxylic acids is 1. The Morgan fingerprint density at radius 1 is 1.55 bits per heavy atom. The molecule has 0 saturated heterocycles. The molecule has 1 aliphatic rings. The van der Waals surface area contributed by atoms with Crippen LogP contribution in [0.5, 0.6) is 5.75 Å². The van der Waals surface area contributed by atoms with Crippen molar-refractivity contribution in [1.82, 2.24) is 4.90 Å². The molecule has 0 bridgehead atoms. The molecular weight excluding hydrogens is 259 g/mol. The van der Waals surface area contributed by atoms with Crippen molar-refractivity contribution >= 4 is 5.91 Å². The van der Waals surface area contributed by atoms with E-state index in [-0.39, 0.29) is 24.3 Å². The third-order valence-corrected chi connectivity index (χ3v) is 3.42. The molecule has 110 valence electrons. The molecule has 1 amide bonds.